The average molecular weight is 425 g/mol. The van der Waals surface area contributed by atoms with E-state index in [2.05, 4.69) is 58.7 Å². The minimum atomic E-state index is -0.628. The maximum Gasteiger partial charge on any atom is 0.309 e. The number of aryl methyl sites for hydroxylation is 1. The standard InChI is InChI=1S/C24H32N4O3/c1-18-4-8-20(9-5-18)22(28-14-12-27(2)13-15-28)17-26-24(30)23(29)25-16-19-6-10-21(31-3)11-7-19/h4-11,22H,12-17H2,1-3H3,(H,25,29)(H,26,30)/t22-/m1/s1. The average Bonchev–Trinajstić information content (AvgIpc) is 2.80. The predicted octanol–water partition coefficient (Wildman–Crippen LogP) is 1.72. The number of hydrogen-bond acceptors (Lipinski definition) is 5. The smallest absolute Gasteiger partial charge is 0.309 e. The minimum Gasteiger partial charge on any atom is -0.497 e. The summed E-state index contributed by atoms with van der Waals surface area (Å²) in [6, 6.07) is 15.8. The van der Waals surface area contributed by atoms with Gasteiger partial charge in [-0.25, -0.2) is 0 Å². The molecule has 7 heteroatoms. The number of carbonyl (C=O) groups is 2. The molecule has 1 atom stereocenters. The van der Waals surface area contributed by atoms with Crippen LogP contribution in [0.2, 0.25) is 0 Å². The lowest BCUT2D eigenvalue weighted by molar-refractivity contribution is -0.139. The van der Waals surface area contributed by atoms with E-state index in [1.54, 1.807) is 7.11 Å². The van der Waals surface area contributed by atoms with E-state index in [-0.39, 0.29) is 12.6 Å². The summed E-state index contributed by atoms with van der Waals surface area (Å²) in [4.78, 5) is 29.4. The largest absolute Gasteiger partial charge is 0.497 e. The number of amides is 2. The van der Waals surface area contributed by atoms with Crippen molar-refractivity contribution in [2.45, 2.75) is 19.5 Å². The normalized spacial score (nSPS) is 15.8. The molecule has 1 heterocycles. The van der Waals surface area contributed by atoms with Crippen molar-refractivity contribution >= 4 is 11.8 Å². The van der Waals surface area contributed by atoms with Crippen molar-refractivity contribution < 1.29 is 14.3 Å². The molecule has 0 aliphatic carbocycles. The van der Waals surface area contributed by atoms with Gasteiger partial charge in [-0.15, -0.1) is 0 Å². The van der Waals surface area contributed by atoms with Gasteiger partial charge in [-0.1, -0.05) is 42.0 Å². The molecule has 1 aliphatic heterocycles. The van der Waals surface area contributed by atoms with E-state index in [1.807, 2.05) is 24.3 Å². The van der Waals surface area contributed by atoms with Crippen molar-refractivity contribution in [1.29, 1.82) is 0 Å². The highest BCUT2D eigenvalue weighted by Gasteiger charge is 2.25. The first-order chi connectivity index (χ1) is 15.0. The second kappa shape index (κ2) is 10.9. The first kappa shape index (κ1) is 22.8. The number of piperazine rings is 1. The minimum absolute atomic E-state index is 0.0349. The molecule has 1 aliphatic rings. The van der Waals surface area contributed by atoms with Crippen LogP contribution in [0.1, 0.15) is 22.7 Å². The van der Waals surface area contributed by atoms with Crippen LogP contribution in [0.3, 0.4) is 0 Å². The number of carbonyl (C=O) groups excluding carboxylic acids is 2. The molecule has 2 aromatic rings. The van der Waals surface area contributed by atoms with E-state index in [9.17, 15) is 9.59 Å². The highest BCUT2D eigenvalue weighted by atomic mass is 16.5. The van der Waals surface area contributed by atoms with Gasteiger partial charge < -0.3 is 20.3 Å². The fourth-order valence-electron chi connectivity index (χ4n) is 3.66. The summed E-state index contributed by atoms with van der Waals surface area (Å²) in [7, 11) is 3.72. The fraction of sp³-hybridized carbons (Fsp3) is 0.417. The Hall–Kier alpha value is -2.90. The van der Waals surface area contributed by atoms with Crippen molar-refractivity contribution in [1.82, 2.24) is 20.4 Å². The summed E-state index contributed by atoms with van der Waals surface area (Å²) < 4.78 is 5.13. The molecule has 0 saturated carbocycles. The number of nitrogens with zero attached hydrogens (tertiary/aromatic N) is 2. The van der Waals surface area contributed by atoms with Gasteiger partial charge in [0.1, 0.15) is 5.75 Å². The quantitative estimate of drug-likeness (QED) is 0.663. The lowest BCUT2D eigenvalue weighted by Gasteiger charge is -2.38. The van der Waals surface area contributed by atoms with Crippen LogP contribution in [0.15, 0.2) is 48.5 Å². The fourth-order valence-corrected chi connectivity index (χ4v) is 3.66. The van der Waals surface area contributed by atoms with Gasteiger partial charge in [-0.05, 0) is 37.2 Å². The van der Waals surface area contributed by atoms with E-state index in [0.29, 0.717) is 6.54 Å². The number of rotatable bonds is 7. The van der Waals surface area contributed by atoms with Gasteiger partial charge in [-0.2, -0.15) is 0 Å². The molecule has 1 saturated heterocycles. The van der Waals surface area contributed by atoms with Crippen LogP contribution >= 0.6 is 0 Å². The lowest BCUT2D eigenvalue weighted by Crippen LogP contribution is -2.49. The van der Waals surface area contributed by atoms with E-state index in [4.69, 9.17) is 4.74 Å². The monoisotopic (exact) mass is 424 g/mol. The summed E-state index contributed by atoms with van der Waals surface area (Å²) in [6.07, 6.45) is 0. The third kappa shape index (κ3) is 6.54. The Labute approximate surface area is 184 Å². The molecule has 0 unspecified atom stereocenters. The summed E-state index contributed by atoms with van der Waals surface area (Å²) in [5, 5.41) is 5.51. The molecule has 166 valence electrons. The van der Waals surface area contributed by atoms with Crippen LogP contribution < -0.4 is 15.4 Å². The Morgan fingerprint density at radius 1 is 0.935 bits per heavy atom. The Morgan fingerprint density at radius 2 is 1.55 bits per heavy atom. The van der Waals surface area contributed by atoms with E-state index in [0.717, 1.165) is 43.1 Å². The number of hydrogen-bond donors (Lipinski definition) is 2. The van der Waals surface area contributed by atoms with Gasteiger partial charge in [0.2, 0.25) is 0 Å². The van der Waals surface area contributed by atoms with Gasteiger partial charge >= 0.3 is 11.8 Å². The molecule has 7 nitrogen and oxygen atoms in total. The number of likely N-dealkylation sites (N-methyl/N-ethyl adjacent to an activating group) is 1. The number of benzene rings is 2. The first-order valence-electron chi connectivity index (χ1n) is 10.6. The Kier molecular flexibility index (Phi) is 8.03. The zero-order valence-electron chi connectivity index (χ0n) is 18.6. The zero-order valence-corrected chi connectivity index (χ0v) is 18.6. The van der Waals surface area contributed by atoms with Gasteiger partial charge in [-0.3, -0.25) is 14.5 Å². The predicted molar refractivity (Wildman–Crippen MR) is 121 cm³/mol. The van der Waals surface area contributed by atoms with E-state index >= 15 is 0 Å². The zero-order chi connectivity index (χ0) is 22.2. The van der Waals surface area contributed by atoms with Gasteiger partial charge in [0, 0.05) is 39.3 Å². The summed E-state index contributed by atoms with van der Waals surface area (Å²) in [5.74, 6) is -0.490. The van der Waals surface area contributed by atoms with Crippen molar-refractivity contribution in [2.75, 3.05) is 46.9 Å². The number of methoxy groups -OCH3 is 1. The van der Waals surface area contributed by atoms with E-state index in [1.165, 1.54) is 5.56 Å². The molecule has 0 bridgehead atoms. The maximum absolute atomic E-state index is 12.4. The topological polar surface area (TPSA) is 73.9 Å². The number of nitrogens with one attached hydrogen (secondary N) is 2. The second-order valence-corrected chi connectivity index (χ2v) is 8.01. The van der Waals surface area contributed by atoms with Crippen LogP contribution in [0.4, 0.5) is 0 Å². The summed E-state index contributed by atoms with van der Waals surface area (Å²) in [6.45, 7) is 6.56. The second-order valence-electron chi connectivity index (χ2n) is 8.01. The van der Waals surface area contributed by atoms with Crippen LogP contribution in [-0.4, -0.2) is 68.5 Å². The van der Waals surface area contributed by atoms with Crippen molar-refractivity contribution in [3.8, 4) is 5.75 Å². The highest BCUT2D eigenvalue weighted by Crippen LogP contribution is 2.22. The molecule has 0 aromatic heterocycles. The molecule has 31 heavy (non-hydrogen) atoms. The molecule has 2 aromatic carbocycles. The molecule has 3 rings (SSSR count). The molecule has 0 spiro atoms. The van der Waals surface area contributed by atoms with Crippen molar-refractivity contribution in [3.05, 3.63) is 65.2 Å². The summed E-state index contributed by atoms with van der Waals surface area (Å²) in [5.41, 5.74) is 3.24. The molecule has 0 radical (unpaired) electrons. The van der Waals surface area contributed by atoms with Gasteiger partial charge in [0.15, 0.2) is 0 Å². The molecular formula is C24H32N4O3. The van der Waals surface area contributed by atoms with Crippen LogP contribution in [-0.2, 0) is 16.1 Å². The third-order valence-corrected chi connectivity index (χ3v) is 5.72. The SMILES string of the molecule is COc1ccc(CNC(=O)C(=O)NC[C@H](c2ccc(C)cc2)N2CCN(C)CC2)cc1. The Bertz CT molecular complexity index is 859. The van der Waals surface area contributed by atoms with E-state index < -0.39 is 11.8 Å². The highest BCUT2D eigenvalue weighted by molar-refractivity contribution is 6.35. The van der Waals surface area contributed by atoms with Crippen LogP contribution in [0, 0.1) is 6.92 Å². The Morgan fingerprint density at radius 3 is 2.16 bits per heavy atom. The van der Waals surface area contributed by atoms with Gasteiger partial charge in [0.05, 0.1) is 13.2 Å². The Balaban J connectivity index is 1.56. The lowest BCUT2D eigenvalue weighted by atomic mass is 10.0. The summed E-state index contributed by atoms with van der Waals surface area (Å²) >= 11 is 0. The maximum atomic E-state index is 12.4. The first-order valence-corrected chi connectivity index (χ1v) is 10.6. The number of ether oxygens (including phenoxy) is 1. The van der Waals surface area contributed by atoms with Crippen molar-refractivity contribution in [2.24, 2.45) is 0 Å². The molecular weight excluding hydrogens is 392 g/mol. The van der Waals surface area contributed by atoms with Crippen LogP contribution in [0.5, 0.6) is 5.75 Å². The van der Waals surface area contributed by atoms with Crippen LogP contribution in [0.25, 0.3) is 0 Å². The molecule has 2 amide bonds. The molecule has 1 fully saturated rings. The van der Waals surface area contributed by atoms with Crippen molar-refractivity contribution in [3.63, 3.8) is 0 Å². The third-order valence-electron chi connectivity index (χ3n) is 5.72. The molecule has 2 N–H and O–H groups in total. The van der Waals surface area contributed by atoms with Gasteiger partial charge in [0.25, 0.3) is 0 Å².